The third-order valence-corrected chi connectivity index (χ3v) is 7.51. The van der Waals surface area contributed by atoms with Crippen LogP contribution in [0.25, 0.3) is 0 Å². The van der Waals surface area contributed by atoms with Gasteiger partial charge in [-0.05, 0) is 42.5 Å². The molecule has 6 heteroatoms. The van der Waals surface area contributed by atoms with Gasteiger partial charge in [-0.25, -0.2) is 4.79 Å². The van der Waals surface area contributed by atoms with E-state index >= 15 is 0 Å². The van der Waals surface area contributed by atoms with Crippen LogP contribution < -0.4 is 4.74 Å². The number of ether oxygens (including phenoxy) is 2. The maximum absolute atomic E-state index is 12.5. The molecule has 2 aromatic rings. The number of benzene rings is 1. The molecule has 4 nitrogen and oxygen atoms in total. The zero-order valence-electron chi connectivity index (χ0n) is 18.7. The Labute approximate surface area is 186 Å². The van der Waals surface area contributed by atoms with Gasteiger partial charge in [0.05, 0.1) is 6.61 Å². The summed E-state index contributed by atoms with van der Waals surface area (Å²) < 4.78 is 12.0. The number of nitrogens with zero attached hydrogens (tertiary/aromatic N) is 1. The van der Waals surface area contributed by atoms with Crippen LogP contribution in [-0.4, -0.2) is 38.8 Å². The Morgan fingerprint density at radius 3 is 2.63 bits per heavy atom. The summed E-state index contributed by atoms with van der Waals surface area (Å²) in [6.45, 7) is 14.4. The normalized spacial score (nSPS) is 12.3. The highest BCUT2D eigenvalue weighted by molar-refractivity contribution is 7.10. The Kier molecular flexibility index (Phi) is 9.66. The van der Waals surface area contributed by atoms with Crippen molar-refractivity contribution < 1.29 is 14.3 Å². The first-order valence-corrected chi connectivity index (χ1v) is 15.2. The van der Waals surface area contributed by atoms with Crippen molar-refractivity contribution in [1.82, 2.24) is 4.90 Å². The number of thiophene rings is 1. The van der Waals surface area contributed by atoms with Crippen LogP contribution in [0.15, 0.2) is 54.4 Å². The molecule has 0 aliphatic heterocycles. The molecule has 1 heterocycles. The van der Waals surface area contributed by atoms with E-state index in [2.05, 4.69) is 43.7 Å². The van der Waals surface area contributed by atoms with Crippen molar-refractivity contribution in [2.75, 3.05) is 19.7 Å². The van der Waals surface area contributed by atoms with E-state index in [9.17, 15) is 4.79 Å². The smallest absolute Gasteiger partial charge is 0.409 e. The molecule has 0 radical (unpaired) electrons. The highest BCUT2D eigenvalue weighted by Crippen LogP contribution is 2.30. The average Bonchev–Trinajstić information content (AvgIpc) is 3.22. The van der Waals surface area contributed by atoms with E-state index in [1.807, 2.05) is 37.3 Å². The molecule has 1 amide bonds. The van der Waals surface area contributed by atoms with E-state index in [-0.39, 0.29) is 12.2 Å². The van der Waals surface area contributed by atoms with E-state index in [1.165, 1.54) is 0 Å². The average molecular weight is 446 g/mol. The van der Waals surface area contributed by atoms with E-state index in [0.29, 0.717) is 26.1 Å². The molecule has 0 spiro atoms. The molecule has 0 saturated heterocycles. The molecule has 1 aromatic carbocycles. The van der Waals surface area contributed by atoms with Crippen LogP contribution in [0, 0.1) is 0 Å². The summed E-state index contributed by atoms with van der Waals surface area (Å²) in [6, 6.07) is 13.2. The Bertz CT molecular complexity index is 786. The zero-order valence-corrected chi connectivity index (χ0v) is 20.5. The molecule has 1 atom stereocenters. The van der Waals surface area contributed by atoms with Gasteiger partial charge in [-0.3, -0.25) is 0 Å². The molecule has 0 fully saturated rings. The second kappa shape index (κ2) is 12.0. The maximum atomic E-state index is 12.5. The SMILES string of the molecule is C=CCc1ccccc1O[C@H](CCN(CC)C(=O)OCC[Si](C)(C)C)c1cccs1. The van der Waals surface area contributed by atoms with Gasteiger partial charge in [0.15, 0.2) is 0 Å². The summed E-state index contributed by atoms with van der Waals surface area (Å²) >= 11 is 1.68. The van der Waals surface area contributed by atoms with Crippen LogP contribution in [0.4, 0.5) is 4.79 Å². The van der Waals surface area contributed by atoms with Crippen molar-refractivity contribution in [2.24, 2.45) is 0 Å². The fraction of sp³-hybridized carbons (Fsp3) is 0.458. The fourth-order valence-corrected chi connectivity index (χ4v) is 4.52. The van der Waals surface area contributed by atoms with Crippen LogP contribution >= 0.6 is 11.3 Å². The van der Waals surface area contributed by atoms with Crippen LogP contribution in [-0.2, 0) is 11.2 Å². The summed E-state index contributed by atoms with van der Waals surface area (Å²) in [5, 5.41) is 2.06. The standard InChI is InChI=1S/C24H35NO3SSi/c1-6-11-20-12-8-9-13-21(20)28-22(23-14-10-18-29-23)15-16-25(7-2)24(26)27-17-19-30(3,4)5/h6,8-10,12-14,18,22H,1,7,11,15-17,19H2,2-5H3/t22-/m1/s1. The first-order valence-electron chi connectivity index (χ1n) is 10.6. The number of amides is 1. The van der Waals surface area contributed by atoms with Crippen molar-refractivity contribution in [2.45, 2.75) is 51.6 Å². The van der Waals surface area contributed by atoms with Gasteiger partial charge < -0.3 is 14.4 Å². The molecule has 0 bridgehead atoms. The van der Waals surface area contributed by atoms with Gasteiger partial charge >= 0.3 is 6.09 Å². The van der Waals surface area contributed by atoms with Gasteiger partial charge in [0.2, 0.25) is 0 Å². The predicted octanol–water partition coefficient (Wildman–Crippen LogP) is 6.78. The molecule has 0 aliphatic carbocycles. The van der Waals surface area contributed by atoms with Gasteiger partial charge in [0, 0.05) is 32.5 Å². The van der Waals surface area contributed by atoms with Crippen LogP contribution in [0.2, 0.25) is 25.7 Å². The van der Waals surface area contributed by atoms with Gasteiger partial charge in [0.1, 0.15) is 11.9 Å². The van der Waals surface area contributed by atoms with Crippen LogP contribution in [0.3, 0.4) is 0 Å². The van der Waals surface area contributed by atoms with E-state index in [4.69, 9.17) is 9.47 Å². The van der Waals surface area contributed by atoms with E-state index < -0.39 is 8.07 Å². The fourth-order valence-electron chi connectivity index (χ4n) is 3.02. The molecule has 0 aliphatic rings. The van der Waals surface area contributed by atoms with E-state index in [1.54, 1.807) is 16.2 Å². The maximum Gasteiger partial charge on any atom is 0.409 e. The molecule has 2 rings (SSSR count). The Hall–Kier alpha value is -2.05. The number of carbonyl (C=O) groups is 1. The lowest BCUT2D eigenvalue weighted by atomic mass is 10.1. The van der Waals surface area contributed by atoms with Gasteiger partial charge in [-0.2, -0.15) is 0 Å². The summed E-state index contributed by atoms with van der Waals surface area (Å²) in [6.07, 6.45) is 3.02. The van der Waals surface area contributed by atoms with E-state index in [0.717, 1.165) is 28.7 Å². The molecular weight excluding hydrogens is 410 g/mol. The van der Waals surface area contributed by atoms with Gasteiger partial charge in [-0.15, -0.1) is 17.9 Å². The molecule has 0 N–H and O–H groups in total. The number of hydrogen-bond acceptors (Lipinski definition) is 4. The number of para-hydroxylation sites is 1. The van der Waals surface area contributed by atoms with Crippen LogP contribution in [0.1, 0.15) is 29.9 Å². The summed E-state index contributed by atoms with van der Waals surface area (Å²) in [5.41, 5.74) is 1.12. The number of allylic oxidation sites excluding steroid dienone is 1. The lowest BCUT2D eigenvalue weighted by Gasteiger charge is -2.25. The minimum atomic E-state index is -1.22. The molecule has 30 heavy (non-hydrogen) atoms. The zero-order chi connectivity index (χ0) is 22.0. The topological polar surface area (TPSA) is 38.8 Å². The van der Waals surface area contributed by atoms with Crippen molar-refractivity contribution in [1.29, 1.82) is 0 Å². The Morgan fingerprint density at radius 2 is 2.00 bits per heavy atom. The van der Waals surface area contributed by atoms with Crippen molar-refractivity contribution in [3.05, 3.63) is 64.9 Å². The monoisotopic (exact) mass is 445 g/mol. The van der Waals surface area contributed by atoms with Gasteiger partial charge in [-0.1, -0.05) is 50.0 Å². The largest absolute Gasteiger partial charge is 0.485 e. The quantitative estimate of drug-likeness (QED) is 0.267. The third-order valence-electron chi connectivity index (χ3n) is 4.85. The predicted molar refractivity (Wildman–Crippen MR) is 129 cm³/mol. The Balaban J connectivity index is 2.03. The molecule has 164 valence electrons. The van der Waals surface area contributed by atoms with Crippen LogP contribution in [0.5, 0.6) is 5.75 Å². The number of hydrogen-bond donors (Lipinski definition) is 0. The minimum absolute atomic E-state index is 0.111. The highest BCUT2D eigenvalue weighted by Gasteiger charge is 2.21. The second-order valence-corrected chi connectivity index (χ2v) is 15.1. The molecular formula is C24H35NO3SSi. The second-order valence-electron chi connectivity index (χ2n) is 8.52. The number of carbonyl (C=O) groups excluding carboxylic acids is 1. The first kappa shape index (κ1) is 24.2. The molecule has 0 unspecified atom stereocenters. The third kappa shape index (κ3) is 7.99. The van der Waals surface area contributed by atoms with Crippen molar-refractivity contribution in [3.63, 3.8) is 0 Å². The first-order chi connectivity index (χ1) is 14.3. The van der Waals surface area contributed by atoms with Crippen molar-refractivity contribution >= 4 is 25.5 Å². The lowest BCUT2D eigenvalue weighted by molar-refractivity contribution is 0.101. The summed E-state index contributed by atoms with van der Waals surface area (Å²) in [7, 11) is -1.22. The molecule has 0 saturated carbocycles. The summed E-state index contributed by atoms with van der Waals surface area (Å²) in [4.78, 5) is 15.5. The van der Waals surface area contributed by atoms with Crippen molar-refractivity contribution in [3.8, 4) is 5.75 Å². The lowest BCUT2D eigenvalue weighted by Crippen LogP contribution is -2.34. The number of rotatable bonds is 12. The molecule has 1 aromatic heterocycles. The Morgan fingerprint density at radius 1 is 1.23 bits per heavy atom. The summed E-state index contributed by atoms with van der Waals surface area (Å²) in [5.74, 6) is 0.872. The minimum Gasteiger partial charge on any atom is -0.485 e. The highest BCUT2D eigenvalue weighted by atomic mass is 32.1. The van der Waals surface area contributed by atoms with Gasteiger partial charge in [0.25, 0.3) is 0 Å².